The predicted molar refractivity (Wildman–Crippen MR) is 90.3 cm³/mol. The maximum absolute atomic E-state index is 4.21. The minimum atomic E-state index is 0.727. The van der Waals surface area contributed by atoms with Crippen molar-refractivity contribution in [2.45, 2.75) is 86.1 Å². The van der Waals surface area contributed by atoms with Gasteiger partial charge in [-0.25, -0.2) is 4.68 Å². The van der Waals surface area contributed by atoms with Gasteiger partial charge in [0.15, 0.2) is 0 Å². The summed E-state index contributed by atoms with van der Waals surface area (Å²) in [5.74, 6) is 2.42. The molecule has 0 amide bonds. The highest BCUT2D eigenvalue weighted by Crippen LogP contribution is 2.18. The molecule has 0 radical (unpaired) electrons. The molecule has 1 rings (SSSR count). The molecular formula is C18H35N3. The van der Waals surface area contributed by atoms with E-state index in [4.69, 9.17) is 0 Å². The van der Waals surface area contributed by atoms with Gasteiger partial charge in [-0.2, -0.15) is 0 Å². The van der Waals surface area contributed by atoms with E-state index in [0.717, 1.165) is 30.7 Å². The van der Waals surface area contributed by atoms with Crippen molar-refractivity contribution in [1.82, 2.24) is 15.0 Å². The fraction of sp³-hybridized carbons (Fsp3) is 0.889. The van der Waals surface area contributed by atoms with Crippen molar-refractivity contribution in [2.75, 3.05) is 0 Å². The summed E-state index contributed by atoms with van der Waals surface area (Å²) in [6.45, 7) is 12.6. The van der Waals surface area contributed by atoms with Crippen molar-refractivity contribution in [2.24, 2.45) is 17.8 Å². The van der Waals surface area contributed by atoms with Gasteiger partial charge in [0.2, 0.25) is 0 Å². The molecule has 1 atom stereocenters. The highest BCUT2D eigenvalue weighted by Gasteiger charge is 2.07. The number of hydrogen-bond acceptors (Lipinski definition) is 2. The zero-order chi connectivity index (χ0) is 15.7. The first-order valence-corrected chi connectivity index (χ1v) is 8.88. The van der Waals surface area contributed by atoms with Gasteiger partial charge in [-0.15, -0.1) is 5.10 Å². The monoisotopic (exact) mass is 293 g/mol. The Bertz CT molecular complexity index is 368. The van der Waals surface area contributed by atoms with E-state index in [9.17, 15) is 0 Å². The molecule has 3 heteroatoms. The number of nitrogens with zero attached hydrogens (tertiary/aromatic N) is 3. The average Bonchev–Trinajstić information content (AvgIpc) is 2.87. The highest BCUT2D eigenvalue weighted by atomic mass is 15.4. The maximum atomic E-state index is 4.21. The minimum Gasteiger partial charge on any atom is -0.249 e. The van der Waals surface area contributed by atoms with Crippen LogP contribution in [0.4, 0.5) is 0 Å². The second kappa shape index (κ2) is 9.97. The second-order valence-electron chi connectivity index (χ2n) is 7.31. The molecule has 3 nitrogen and oxygen atoms in total. The van der Waals surface area contributed by atoms with Gasteiger partial charge in [-0.05, 0) is 37.0 Å². The predicted octanol–water partition coefficient (Wildman–Crippen LogP) is 5.11. The molecule has 0 fully saturated rings. The molecule has 0 aliphatic carbocycles. The quantitative estimate of drug-likeness (QED) is 0.531. The standard InChI is InChI=1S/C18H35N3/c1-15(2)12-13-21-18(14-19-20-21)11-9-7-6-8-10-17(5)16(3)4/h14-17H,6-13H2,1-5H3. The highest BCUT2D eigenvalue weighted by molar-refractivity contribution is 4.93. The summed E-state index contributed by atoms with van der Waals surface area (Å²) in [5, 5.41) is 8.28. The molecule has 0 bridgehead atoms. The van der Waals surface area contributed by atoms with Gasteiger partial charge in [0.25, 0.3) is 0 Å². The summed E-state index contributed by atoms with van der Waals surface area (Å²) in [6, 6.07) is 0. The molecule has 0 saturated heterocycles. The SMILES string of the molecule is CC(C)CCn1nncc1CCCCCCC(C)C(C)C. The first-order chi connectivity index (χ1) is 10.0. The fourth-order valence-electron chi connectivity index (χ4n) is 2.50. The molecule has 1 aromatic rings. The zero-order valence-corrected chi connectivity index (χ0v) is 14.8. The normalized spacial score (nSPS) is 13.3. The Morgan fingerprint density at radius 2 is 1.67 bits per heavy atom. The Morgan fingerprint density at radius 1 is 0.952 bits per heavy atom. The van der Waals surface area contributed by atoms with Crippen LogP contribution in [0.25, 0.3) is 0 Å². The smallest absolute Gasteiger partial charge is 0.0725 e. The van der Waals surface area contributed by atoms with Gasteiger partial charge in [0.05, 0.1) is 11.9 Å². The Labute approximate surface area is 131 Å². The molecule has 1 unspecified atom stereocenters. The molecule has 122 valence electrons. The minimum absolute atomic E-state index is 0.727. The van der Waals surface area contributed by atoms with E-state index in [-0.39, 0.29) is 0 Å². The van der Waals surface area contributed by atoms with Crippen molar-refractivity contribution in [3.63, 3.8) is 0 Å². The van der Waals surface area contributed by atoms with Gasteiger partial charge < -0.3 is 0 Å². The summed E-state index contributed by atoms with van der Waals surface area (Å²) < 4.78 is 2.10. The lowest BCUT2D eigenvalue weighted by molar-refractivity contribution is 0.375. The van der Waals surface area contributed by atoms with Crippen molar-refractivity contribution >= 4 is 0 Å². The molecule has 1 heterocycles. The van der Waals surface area contributed by atoms with E-state index in [2.05, 4.69) is 49.6 Å². The Balaban J connectivity index is 2.14. The van der Waals surface area contributed by atoms with Crippen LogP contribution in [0.15, 0.2) is 6.20 Å². The van der Waals surface area contributed by atoms with Crippen LogP contribution in [0.1, 0.15) is 78.8 Å². The molecule has 0 spiro atoms. The Hall–Kier alpha value is -0.860. The largest absolute Gasteiger partial charge is 0.249 e. The lowest BCUT2D eigenvalue weighted by Crippen LogP contribution is -2.07. The van der Waals surface area contributed by atoms with Crippen molar-refractivity contribution in [3.05, 3.63) is 11.9 Å². The number of aromatic nitrogens is 3. The third-order valence-corrected chi connectivity index (χ3v) is 4.60. The van der Waals surface area contributed by atoms with Gasteiger partial charge in [0, 0.05) is 6.54 Å². The maximum Gasteiger partial charge on any atom is 0.0725 e. The van der Waals surface area contributed by atoms with Gasteiger partial charge in [0.1, 0.15) is 0 Å². The van der Waals surface area contributed by atoms with Crippen LogP contribution in [0.5, 0.6) is 0 Å². The van der Waals surface area contributed by atoms with Crippen molar-refractivity contribution in [3.8, 4) is 0 Å². The first kappa shape index (κ1) is 18.2. The fourth-order valence-corrected chi connectivity index (χ4v) is 2.50. The zero-order valence-electron chi connectivity index (χ0n) is 14.8. The van der Waals surface area contributed by atoms with Gasteiger partial charge >= 0.3 is 0 Å². The second-order valence-corrected chi connectivity index (χ2v) is 7.31. The van der Waals surface area contributed by atoms with Crippen LogP contribution in [0, 0.1) is 17.8 Å². The molecule has 0 aliphatic rings. The van der Waals surface area contributed by atoms with Crippen molar-refractivity contribution in [1.29, 1.82) is 0 Å². The third kappa shape index (κ3) is 7.63. The summed E-state index contributed by atoms with van der Waals surface area (Å²) >= 11 is 0. The molecule has 21 heavy (non-hydrogen) atoms. The Morgan fingerprint density at radius 3 is 2.33 bits per heavy atom. The van der Waals surface area contributed by atoms with Gasteiger partial charge in [-0.1, -0.05) is 65.5 Å². The molecule has 0 aromatic carbocycles. The van der Waals surface area contributed by atoms with E-state index in [1.54, 1.807) is 0 Å². The van der Waals surface area contributed by atoms with E-state index < -0.39 is 0 Å². The van der Waals surface area contributed by atoms with Crippen LogP contribution in [-0.4, -0.2) is 15.0 Å². The topological polar surface area (TPSA) is 30.7 Å². The molecular weight excluding hydrogens is 258 g/mol. The lowest BCUT2D eigenvalue weighted by Gasteiger charge is -2.14. The van der Waals surface area contributed by atoms with Crippen molar-refractivity contribution < 1.29 is 0 Å². The van der Waals surface area contributed by atoms with E-state index >= 15 is 0 Å². The summed E-state index contributed by atoms with van der Waals surface area (Å²) in [5.41, 5.74) is 1.31. The third-order valence-electron chi connectivity index (χ3n) is 4.60. The molecule has 0 aliphatic heterocycles. The van der Waals surface area contributed by atoms with Crippen LogP contribution < -0.4 is 0 Å². The van der Waals surface area contributed by atoms with E-state index in [0.29, 0.717) is 0 Å². The molecule has 0 N–H and O–H groups in total. The summed E-state index contributed by atoms with van der Waals surface area (Å²) in [6.07, 6.45) is 11.0. The Kier molecular flexibility index (Phi) is 8.63. The number of aryl methyl sites for hydroxylation is 2. The number of unbranched alkanes of at least 4 members (excludes halogenated alkanes) is 3. The van der Waals surface area contributed by atoms with E-state index in [1.807, 2.05) is 6.20 Å². The van der Waals surface area contributed by atoms with Crippen LogP contribution in [-0.2, 0) is 13.0 Å². The lowest BCUT2D eigenvalue weighted by atomic mass is 9.92. The van der Waals surface area contributed by atoms with Crippen LogP contribution >= 0.6 is 0 Å². The molecule has 0 saturated carbocycles. The number of hydrogen-bond donors (Lipinski definition) is 0. The van der Waals surface area contributed by atoms with E-state index in [1.165, 1.54) is 44.2 Å². The summed E-state index contributed by atoms with van der Waals surface area (Å²) in [7, 11) is 0. The first-order valence-electron chi connectivity index (χ1n) is 8.88. The summed E-state index contributed by atoms with van der Waals surface area (Å²) in [4.78, 5) is 0. The van der Waals surface area contributed by atoms with Gasteiger partial charge in [-0.3, -0.25) is 0 Å². The van der Waals surface area contributed by atoms with Crippen LogP contribution in [0.3, 0.4) is 0 Å². The average molecular weight is 293 g/mol. The number of rotatable bonds is 11. The molecule has 1 aromatic heterocycles. The van der Waals surface area contributed by atoms with Crippen LogP contribution in [0.2, 0.25) is 0 Å².